The third-order valence-electron chi connectivity index (χ3n) is 5.70. The molecule has 2 heteroatoms. The Labute approximate surface area is 150 Å². The molecule has 1 aliphatic rings. The highest BCUT2D eigenvalue weighted by Gasteiger charge is 2.19. The van der Waals surface area contributed by atoms with Crippen LogP contribution in [0.1, 0.15) is 42.7 Å². The zero-order valence-corrected chi connectivity index (χ0v) is 15.0. The number of fused-ring (bicyclic) bond motifs is 1. The first-order valence-electron chi connectivity index (χ1n) is 9.72. The highest BCUT2D eigenvalue weighted by atomic mass is 15.1. The lowest BCUT2D eigenvalue weighted by atomic mass is 9.89. The Morgan fingerprint density at radius 3 is 2.48 bits per heavy atom. The molecule has 1 aromatic heterocycles. The number of benzene rings is 2. The van der Waals surface area contributed by atoms with Gasteiger partial charge in [0.1, 0.15) is 0 Å². The summed E-state index contributed by atoms with van der Waals surface area (Å²) in [5, 5.41) is 1.39. The summed E-state index contributed by atoms with van der Waals surface area (Å²) in [4.78, 5) is 6.05. The zero-order valence-electron chi connectivity index (χ0n) is 15.0. The number of aryl methyl sites for hydroxylation is 1. The molecule has 2 nitrogen and oxygen atoms in total. The van der Waals surface area contributed by atoms with E-state index in [1.54, 1.807) is 0 Å². The van der Waals surface area contributed by atoms with Crippen LogP contribution in [0.15, 0.2) is 60.8 Å². The van der Waals surface area contributed by atoms with Gasteiger partial charge in [-0.1, -0.05) is 48.5 Å². The fourth-order valence-corrected chi connectivity index (χ4v) is 4.20. The highest BCUT2D eigenvalue weighted by Crippen LogP contribution is 2.28. The summed E-state index contributed by atoms with van der Waals surface area (Å²) in [6.45, 7) is 3.77. The molecule has 0 aliphatic carbocycles. The lowest BCUT2D eigenvalue weighted by Crippen LogP contribution is -2.33. The molecule has 0 unspecified atom stereocenters. The first kappa shape index (κ1) is 16.4. The Hall–Kier alpha value is -2.06. The molecule has 0 atom stereocenters. The quantitative estimate of drug-likeness (QED) is 0.601. The van der Waals surface area contributed by atoms with E-state index in [2.05, 4.69) is 70.7 Å². The fourth-order valence-electron chi connectivity index (χ4n) is 4.20. The van der Waals surface area contributed by atoms with Crippen molar-refractivity contribution in [3.63, 3.8) is 0 Å². The maximum absolute atomic E-state index is 3.39. The second-order valence-corrected chi connectivity index (χ2v) is 7.34. The Morgan fingerprint density at radius 2 is 1.64 bits per heavy atom. The first-order chi connectivity index (χ1) is 12.4. The van der Waals surface area contributed by atoms with E-state index in [0.717, 1.165) is 5.92 Å². The van der Waals surface area contributed by atoms with Gasteiger partial charge in [-0.15, -0.1) is 0 Å². The zero-order chi connectivity index (χ0) is 16.9. The van der Waals surface area contributed by atoms with Crippen LogP contribution in [-0.4, -0.2) is 29.5 Å². The van der Waals surface area contributed by atoms with Gasteiger partial charge in [-0.2, -0.15) is 0 Å². The summed E-state index contributed by atoms with van der Waals surface area (Å²) >= 11 is 0. The Morgan fingerprint density at radius 1 is 0.880 bits per heavy atom. The van der Waals surface area contributed by atoms with E-state index in [-0.39, 0.29) is 0 Å². The van der Waals surface area contributed by atoms with Gasteiger partial charge in [0.25, 0.3) is 0 Å². The van der Waals surface area contributed by atoms with Crippen molar-refractivity contribution < 1.29 is 0 Å². The summed E-state index contributed by atoms with van der Waals surface area (Å²) in [7, 11) is 0. The van der Waals surface area contributed by atoms with Crippen molar-refractivity contribution in [3.8, 4) is 0 Å². The molecule has 0 spiro atoms. The van der Waals surface area contributed by atoms with Crippen LogP contribution in [0.25, 0.3) is 10.9 Å². The van der Waals surface area contributed by atoms with E-state index in [0.29, 0.717) is 0 Å². The molecule has 4 rings (SSSR count). The molecule has 1 fully saturated rings. The molecular weight excluding hydrogens is 304 g/mol. The number of para-hydroxylation sites is 1. The largest absolute Gasteiger partial charge is 0.361 e. The number of likely N-dealkylation sites (tertiary alicyclic amines) is 1. The van der Waals surface area contributed by atoms with Crippen molar-refractivity contribution in [2.75, 3.05) is 19.6 Å². The molecule has 2 aromatic carbocycles. The number of hydrogen-bond donors (Lipinski definition) is 1. The molecule has 0 bridgehead atoms. The van der Waals surface area contributed by atoms with Gasteiger partial charge >= 0.3 is 0 Å². The van der Waals surface area contributed by atoms with E-state index in [1.807, 2.05) is 0 Å². The maximum Gasteiger partial charge on any atom is 0.0456 e. The average Bonchev–Trinajstić information content (AvgIpc) is 3.10. The number of nitrogens with zero attached hydrogens (tertiary/aromatic N) is 1. The topological polar surface area (TPSA) is 19.0 Å². The highest BCUT2D eigenvalue weighted by molar-refractivity contribution is 5.82. The molecule has 130 valence electrons. The summed E-state index contributed by atoms with van der Waals surface area (Å²) in [5.74, 6) is 0.767. The minimum Gasteiger partial charge on any atom is -0.361 e. The predicted molar refractivity (Wildman–Crippen MR) is 106 cm³/mol. The van der Waals surface area contributed by atoms with Crippen molar-refractivity contribution in [2.45, 2.75) is 38.0 Å². The van der Waals surface area contributed by atoms with Crippen molar-refractivity contribution in [2.24, 2.45) is 0 Å². The normalized spacial score (nSPS) is 16.5. The van der Waals surface area contributed by atoms with Crippen LogP contribution in [0.3, 0.4) is 0 Å². The predicted octanol–water partition coefficient (Wildman–Crippen LogP) is 5.37. The second kappa shape index (κ2) is 7.88. The number of H-pyrrole nitrogens is 1. The minimum atomic E-state index is 0.767. The van der Waals surface area contributed by atoms with Crippen LogP contribution in [0, 0.1) is 0 Å². The van der Waals surface area contributed by atoms with E-state index < -0.39 is 0 Å². The fraction of sp³-hybridized carbons (Fsp3) is 0.391. The lowest BCUT2D eigenvalue weighted by molar-refractivity contribution is 0.209. The van der Waals surface area contributed by atoms with Crippen molar-refractivity contribution >= 4 is 10.9 Å². The molecule has 0 amide bonds. The third-order valence-corrected chi connectivity index (χ3v) is 5.70. The summed E-state index contributed by atoms with van der Waals surface area (Å²) < 4.78 is 0. The Balaban J connectivity index is 1.20. The SMILES string of the molecule is c1ccc(C2CCN(CCCCc3c[nH]c4ccccc34)CC2)cc1. The molecule has 1 N–H and O–H groups in total. The molecule has 1 aliphatic heterocycles. The molecule has 3 aromatic rings. The second-order valence-electron chi connectivity index (χ2n) is 7.34. The number of aromatic nitrogens is 1. The molecule has 0 radical (unpaired) electrons. The van der Waals surface area contributed by atoms with Crippen LogP contribution in [-0.2, 0) is 6.42 Å². The number of nitrogens with one attached hydrogen (secondary N) is 1. The number of aromatic amines is 1. The van der Waals surface area contributed by atoms with Gasteiger partial charge in [-0.25, -0.2) is 0 Å². The van der Waals surface area contributed by atoms with Crippen molar-refractivity contribution in [1.29, 1.82) is 0 Å². The third kappa shape index (κ3) is 3.96. The molecule has 1 saturated heterocycles. The van der Waals surface area contributed by atoms with Crippen molar-refractivity contribution in [1.82, 2.24) is 9.88 Å². The van der Waals surface area contributed by atoms with Gasteiger partial charge in [-0.3, -0.25) is 0 Å². The standard InChI is InChI=1S/C23H28N2/c1-2-8-19(9-3-1)20-13-16-25(17-14-20)15-7-6-10-21-18-24-23-12-5-4-11-22(21)23/h1-5,8-9,11-12,18,20,24H,6-7,10,13-17H2. The molecule has 2 heterocycles. The minimum absolute atomic E-state index is 0.767. The number of hydrogen-bond acceptors (Lipinski definition) is 1. The lowest BCUT2D eigenvalue weighted by Gasteiger charge is -2.32. The van der Waals surface area contributed by atoms with Gasteiger partial charge in [0.05, 0.1) is 0 Å². The maximum atomic E-state index is 3.39. The summed E-state index contributed by atoms with van der Waals surface area (Å²) in [5.41, 5.74) is 4.26. The molecule has 0 saturated carbocycles. The van der Waals surface area contributed by atoms with Crippen LogP contribution in [0.4, 0.5) is 0 Å². The Kier molecular flexibility index (Phi) is 5.17. The van der Waals surface area contributed by atoms with Gasteiger partial charge in [0, 0.05) is 17.1 Å². The van der Waals surface area contributed by atoms with Crippen LogP contribution < -0.4 is 0 Å². The summed E-state index contributed by atoms with van der Waals surface area (Å²) in [6.07, 6.45) is 8.58. The summed E-state index contributed by atoms with van der Waals surface area (Å²) in [6, 6.07) is 19.7. The Bertz CT molecular complexity index is 782. The van der Waals surface area contributed by atoms with Gasteiger partial charge in [0.15, 0.2) is 0 Å². The van der Waals surface area contributed by atoms with E-state index in [9.17, 15) is 0 Å². The van der Waals surface area contributed by atoms with Crippen LogP contribution in [0.2, 0.25) is 0 Å². The van der Waals surface area contributed by atoms with E-state index >= 15 is 0 Å². The number of rotatable bonds is 6. The first-order valence-corrected chi connectivity index (χ1v) is 9.72. The smallest absolute Gasteiger partial charge is 0.0456 e. The van der Waals surface area contributed by atoms with Gasteiger partial charge in [-0.05, 0) is 74.8 Å². The van der Waals surface area contributed by atoms with Gasteiger partial charge < -0.3 is 9.88 Å². The average molecular weight is 332 g/mol. The van der Waals surface area contributed by atoms with Crippen LogP contribution in [0.5, 0.6) is 0 Å². The van der Waals surface area contributed by atoms with E-state index in [1.165, 1.54) is 73.8 Å². The monoisotopic (exact) mass is 332 g/mol. The van der Waals surface area contributed by atoms with E-state index in [4.69, 9.17) is 0 Å². The molecule has 25 heavy (non-hydrogen) atoms. The van der Waals surface area contributed by atoms with Gasteiger partial charge in [0.2, 0.25) is 0 Å². The number of piperidine rings is 1. The van der Waals surface area contributed by atoms with Crippen molar-refractivity contribution in [3.05, 3.63) is 71.9 Å². The van der Waals surface area contributed by atoms with Crippen LogP contribution >= 0.6 is 0 Å². The number of unbranched alkanes of at least 4 members (excludes halogenated alkanes) is 1. The molecular formula is C23H28N2.